The number of amides is 1. The van der Waals surface area contributed by atoms with E-state index in [2.05, 4.69) is 10.4 Å². The number of nitrogens with zero attached hydrogens (tertiary/aromatic N) is 5. The van der Waals surface area contributed by atoms with E-state index in [9.17, 15) is 4.79 Å². The zero-order valence-electron chi connectivity index (χ0n) is 19.0. The summed E-state index contributed by atoms with van der Waals surface area (Å²) in [5.41, 5.74) is 3.34. The third kappa shape index (κ3) is 4.64. The van der Waals surface area contributed by atoms with Crippen LogP contribution in [0.1, 0.15) is 60.1 Å². The van der Waals surface area contributed by atoms with E-state index in [1.54, 1.807) is 16.0 Å². The van der Waals surface area contributed by atoms with Crippen LogP contribution in [0.4, 0.5) is 0 Å². The summed E-state index contributed by atoms with van der Waals surface area (Å²) in [6.07, 6.45) is 12.3. The fraction of sp³-hybridized carbons (Fsp3) is 0.417. The second kappa shape index (κ2) is 9.35. The van der Waals surface area contributed by atoms with Gasteiger partial charge in [-0.05, 0) is 44.7 Å². The number of rotatable bonds is 7. The van der Waals surface area contributed by atoms with Crippen LogP contribution in [0.25, 0.3) is 16.7 Å². The number of fused-ring (bicyclic) bond motifs is 1. The Kier molecular flexibility index (Phi) is 6.13. The average Bonchev–Trinajstić information content (AvgIpc) is 3.54. The lowest BCUT2D eigenvalue weighted by Crippen LogP contribution is -2.21. The highest BCUT2D eigenvalue weighted by Crippen LogP contribution is 2.31. The van der Waals surface area contributed by atoms with E-state index in [4.69, 9.17) is 14.7 Å². The summed E-state index contributed by atoms with van der Waals surface area (Å²) in [4.78, 5) is 22.9. The molecule has 0 radical (unpaired) electrons. The van der Waals surface area contributed by atoms with Crippen molar-refractivity contribution >= 4 is 28.3 Å². The topological polar surface area (TPSA) is 86.9 Å². The quantitative estimate of drug-likeness (QED) is 0.441. The van der Waals surface area contributed by atoms with Gasteiger partial charge < -0.3 is 14.6 Å². The molecule has 0 bridgehead atoms. The molecule has 0 aromatic carbocycles. The van der Waals surface area contributed by atoms with E-state index in [1.165, 1.54) is 19.3 Å². The molecule has 1 fully saturated rings. The summed E-state index contributed by atoms with van der Waals surface area (Å²) in [5.74, 6) is 1.27. The van der Waals surface area contributed by atoms with Crippen LogP contribution in [-0.2, 0) is 13.5 Å². The summed E-state index contributed by atoms with van der Waals surface area (Å²) >= 11 is 1.55. The summed E-state index contributed by atoms with van der Waals surface area (Å²) in [6, 6.07) is 3.92. The molecule has 33 heavy (non-hydrogen) atoms. The van der Waals surface area contributed by atoms with Crippen molar-refractivity contribution in [1.29, 1.82) is 0 Å². The first-order valence-corrected chi connectivity index (χ1v) is 12.4. The van der Waals surface area contributed by atoms with Crippen LogP contribution >= 0.6 is 11.3 Å². The minimum atomic E-state index is -0.0498. The molecule has 0 spiro atoms. The second-order valence-electron chi connectivity index (χ2n) is 8.45. The van der Waals surface area contributed by atoms with Crippen LogP contribution in [-0.4, -0.2) is 42.9 Å². The minimum Gasteiger partial charge on any atom is -0.473 e. The summed E-state index contributed by atoms with van der Waals surface area (Å²) < 4.78 is 10.3. The van der Waals surface area contributed by atoms with Gasteiger partial charge in [0.15, 0.2) is 0 Å². The van der Waals surface area contributed by atoms with Gasteiger partial charge in [0.25, 0.3) is 5.91 Å². The highest BCUT2D eigenvalue weighted by molar-refractivity contribution is 7.10. The molecule has 1 aliphatic rings. The van der Waals surface area contributed by atoms with E-state index >= 15 is 0 Å². The molecule has 8 nitrogen and oxygen atoms in total. The van der Waals surface area contributed by atoms with Gasteiger partial charge >= 0.3 is 0 Å². The lowest BCUT2D eigenvalue weighted by molar-refractivity contribution is 0.0956. The molecular weight excluding hydrogens is 436 g/mol. The molecule has 4 aromatic rings. The molecule has 1 saturated carbocycles. The Morgan fingerprint density at radius 3 is 2.88 bits per heavy atom. The highest BCUT2D eigenvalue weighted by atomic mass is 32.1. The van der Waals surface area contributed by atoms with Crippen molar-refractivity contribution in [3.8, 4) is 11.6 Å². The van der Waals surface area contributed by atoms with Gasteiger partial charge in [0.05, 0.1) is 23.0 Å². The van der Waals surface area contributed by atoms with Gasteiger partial charge in [0.1, 0.15) is 17.4 Å². The smallest absolute Gasteiger partial charge is 0.252 e. The molecule has 0 atom stereocenters. The molecule has 9 heteroatoms. The predicted octanol–water partition coefficient (Wildman–Crippen LogP) is 4.27. The largest absolute Gasteiger partial charge is 0.473 e. The fourth-order valence-electron chi connectivity index (χ4n) is 4.32. The Labute approximate surface area is 196 Å². The van der Waals surface area contributed by atoms with Gasteiger partial charge in [0, 0.05) is 42.7 Å². The van der Waals surface area contributed by atoms with Gasteiger partial charge in [-0.2, -0.15) is 10.1 Å². The number of aryl methyl sites for hydroxylation is 1. The summed E-state index contributed by atoms with van der Waals surface area (Å²) in [5, 5.41) is 9.04. The van der Waals surface area contributed by atoms with E-state index in [0.717, 1.165) is 34.4 Å². The first-order chi connectivity index (χ1) is 16.1. The van der Waals surface area contributed by atoms with Gasteiger partial charge in [0.2, 0.25) is 5.88 Å². The molecule has 0 aliphatic heterocycles. The molecule has 1 amide bonds. The van der Waals surface area contributed by atoms with Crippen LogP contribution < -0.4 is 10.1 Å². The standard InChI is InChI=1S/C24H28N6O2S/c1-3-25-23(31)16-11-19(33-15-16)12-21-27-20-9-10-30(17-13-26-29(2)14-17)22(20)24(28-21)32-18-7-5-4-6-8-18/h9-11,13-15,18H,3-8,12H2,1-2H3,(H,25,31). The normalized spacial score (nSPS) is 14.6. The van der Waals surface area contributed by atoms with Crippen LogP contribution in [0, 0.1) is 0 Å². The van der Waals surface area contributed by atoms with Crippen molar-refractivity contribution in [1.82, 2.24) is 29.6 Å². The first-order valence-electron chi connectivity index (χ1n) is 11.5. The van der Waals surface area contributed by atoms with E-state index in [1.807, 2.05) is 54.6 Å². The highest BCUT2D eigenvalue weighted by Gasteiger charge is 2.21. The van der Waals surface area contributed by atoms with E-state index in [-0.39, 0.29) is 12.0 Å². The SMILES string of the molecule is CCNC(=O)c1csc(Cc2nc(OC3CCCCC3)c3c(ccn3-c3cnn(C)c3)n2)c1. The van der Waals surface area contributed by atoms with Crippen molar-refractivity contribution in [2.45, 2.75) is 51.6 Å². The molecule has 5 rings (SSSR count). The molecule has 0 saturated heterocycles. The first kappa shape index (κ1) is 21.6. The second-order valence-corrected chi connectivity index (χ2v) is 9.45. The van der Waals surface area contributed by atoms with Crippen molar-refractivity contribution in [2.24, 2.45) is 7.05 Å². The minimum absolute atomic E-state index is 0.0498. The average molecular weight is 465 g/mol. The molecule has 1 N–H and O–H groups in total. The lowest BCUT2D eigenvalue weighted by atomic mass is 9.98. The van der Waals surface area contributed by atoms with Crippen LogP contribution in [0.5, 0.6) is 5.88 Å². The number of aromatic nitrogens is 5. The Balaban J connectivity index is 1.50. The Hall–Kier alpha value is -3.20. The molecule has 1 aliphatic carbocycles. The number of carbonyl (C=O) groups is 1. The summed E-state index contributed by atoms with van der Waals surface area (Å²) in [7, 11) is 1.90. The maximum atomic E-state index is 12.1. The third-order valence-electron chi connectivity index (χ3n) is 5.93. The number of hydrogen-bond donors (Lipinski definition) is 1. The van der Waals surface area contributed by atoms with Crippen molar-refractivity contribution in [3.05, 3.63) is 52.4 Å². The van der Waals surface area contributed by atoms with Gasteiger partial charge in [-0.3, -0.25) is 9.48 Å². The van der Waals surface area contributed by atoms with Crippen LogP contribution in [0.15, 0.2) is 36.1 Å². The monoisotopic (exact) mass is 464 g/mol. The van der Waals surface area contributed by atoms with Gasteiger partial charge in [-0.15, -0.1) is 11.3 Å². The zero-order valence-corrected chi connectivity index (χ0v) is 19.8. The molecule has 0 unspecified atom stereocenters. The number of carbonyl (C=O) groups excluding carboxylic acids is 1. The van der Waals surface area contributed by atoms with E-state index in [0.29, 0.717) is 30.2 Å². The number of ether oxygens (including phenoxy) is 1. The number of nitrogens with one attached hydrogen (secondary N) is 1. The maximum Gasteiger partial charge on any atom is 0.252 e. The lowest BCUT2D eigenvalue weighted by Gasteiger charge is -2.23. The number of thiophene rings is 1. The molecule has 4 aromatic heterocycles. The molecule has 172 valence electrons. The molecule has 4 heterocycles. The molecular formula is C24H28N6O2S. The Morgan fingerprint density at radius 1 is 1.27 bits per heavy atom. The third-order valence-corrected chi connectivity index (χ3v) is 6.87. The maximum absolute atomic E-state index is 12.1. The Bertz CT molecular complexity index is 1270. The van der Waals surface area contributed by atoms with Crippen LogP contribution in [0.2, 0.25) is 0 Å². The van der Waals surface area contributed by atoms with Crippen LogP contribution in [0.3, 0.4) is 0 Å². The van der Waals surface area contributed by atoms with Gasteiger partial charge in [-0.1, -0.05) is 6.42 Å². The van der Waals surface area contributed by atoms with Crippen molar-refractivity contribution < 1.29 is 9.53 Å². The van der Waals surface area contributed by atoms with Crippen molar-refractivity contribution in [2.75, 3.05) is 6.54 Å². The summed E-state index contributed by atoms with van der Waals surface area (Å²) in [6.45, 7) is 2.53. The van der Waals surface area contributed by atoms with E-state index < -0.39 is 0 Å². The fourth-order valence-corrected chi connectivity index (χ4v) is 5.18. The Morgan fingerprint density at radius 2 is 2.12 bits per heavy atom. The van der Waals surface area contributed by atoms with Crippen molar-refractivity contribution in [3.63, 3.8) is 0 Å². The number of hydrogen-bond acceptors (Lipinski definition) is 6. The van der Waals surface area contributed by atoms with Gasteiger partial charge in [-0.25, -0.2) is 4.98 Å². The zero-order chi connectivity index (χ0) is 22.8. The predicted molar refractivity (Wildman–Crippen MR) is 128 cm³/mol.